The monoisotopic (exact) mass is 302 g/mol. The number of hydrogen-bond donors (Lipinski definition) is 1. The molecular weight excluding hydrogens is 276 g/mol. The van der Waals surface area contributed by atoms with Crippen LogP contribution in [-0.4, -0.2) is 49.6 Å². The first kappa shape index (κ1) is 17.9. The van der Waals surface area contributed by atoms with E-state index in [4.69, 9.17) is 19.3 Å². The number of aliphatic hydroxyl groups is 1. The zero-order chi connectivity index (χ0) is 16.1. The predicted molar refractivity (Wildman–Crippen MR) is 75.5 cm³/mol. The average molecular weight is 302 g/mol. The van der Waals surface area contributed by atoms with Gasteiger partial charge in [0.2, 0.25) is 0 Å². The van der Waals surface area contributed by atoms with E-state index in [0.717, 1.165) is 0 Å². The van der Waals surface area contributed by atoms with Crippen molar-refractivity contribution in [2.24, 2.45) is 10.8 Å². The van der Waals surface area contributed by atoms with Crippen molar-refractivity contribution in [2.75, 3.05) is 26.4 Å². The Labute approximate surface area is 125 Å². The molecule has 0 saturated carbocycles. The molecule has 0 bridgehead atoms. The first-order valence-electron chi connectivity index (χ1n) is 7.32. The summed E-state index contributed by atoms with van der Waals surface area (Å²) in [6.45, 7) is 7.81. The summed E-state index contributed by atoms with van der Waals surface area (Å²) >= 11 is 0. The summed E-state index contributed by atoms with van der Waals surface area (Å²) in [7, 11) is 0. The maximum atomic E-state index is 12.3. The second-order valence-electron chi connectivity index (χ2n) is 6.39. The molecule has 2 atom stereocenters. The molecule has 0 amide bonds. The molecule has 0 aromatic rings. The fourth-order valence-corrected chi connectivity index (χ4v) is 2.23. The van der Waals surface area contributed by atoms with Gasteiger partial charge in [-0.3, -0.25) is 9.59 Å². The van der Waals surface area contributed by atoms with Gasteiger partial charge < -0.3 is 19.3 Å². The van der Waals surface area contributed by atoms with E-state index in [1.54, 1.807) is 20.8 Å². The van der Waals surface area contributed by atoms with Crippen LogP contribution in [0, 0.1) is 10.8 Å². The third-order valence-corrected chi connectivity index (χ3v) is 3.78. The first-order valence-corrected chi connectivity index (χ1v) is 7.32. The van der Waals surface area contributed by atoms with Crippen molar-refractivity contribution in [3.8, 4) is 0 Å². The lowest BCUT2D eigenvalue weighted by Crippen LogP contribution is -2.39. The number of esters is 2. The fourth-order valence-electron chi connectivity index (χ4n) is 2.23. The predicted octanol–water partition coefficient (Wildman–Crippen LogP) is 1.30. The van der Waals surface area contributed by atoms with Gasteiger partial charge in [-0.2, -0.15) is 0 Å². The third kappa shape index (κ3) is 5.28. The van der Waals surface area contributed by atoms with E-state index >= 15 is 0 Å². The van der Waals surface area contributed by atoms with Gasteiger partial charge in [0.25, 0.3) is 0 Å². The lowest BCUT2D eigenvalue weighted by molar-refractivity contribution is -0.164. The third-order valence-electron chi connectivity index (χ3n) is 3.78. The highest BCUT2D eigenvalue weighted by Crippen LogP contribution is 2.38. The van der Waals surface area contributed by atoms with Crippen LogP contribution >= 0.6 is 0 Å². The zero-order valence-corrected chi connectivity index (χ0v) is 13.3. The summed E-state index contributed by atoms with van der Waals surface area (Å²) in [5.41, 5.74) is -1.58. The molecule has 21 heavy (non-hydrogen) atoms. The molecule has 1 rings (SSSR count). The van der Waals surface area contributed by atoms with Crippen LogP contribution in [-0.2, 0) is 23.8 Å². The Bertz CT molecular complexity index is 374. The van der Waals surface area contributed by atoms with Crippen LogP contribution in [0.25, 0.3) is 0 Å². The zero-order valence-electron chi connectivity index (χ0n) is 13.3. The van der Waals surface area contributed by atoms with E-state index < -0.39 is 16.8 Å². The van der Waals surface area contributed by atoms with Crippen molar-refractivity contribution < 1.29 is 28.9 Å². The van der Waals surface area contributed by atoms with Crippen LogP contribution in [0.2, 0.25) is 0 Å². The van der Waals surface area contributed by atoms with E-state index in [1.807, 2.05) is 6.92 Å². The van der Waals surface area contributed by atoms with E-state index in [0.29, 0.717) is 19.4 Å². The molecule has 122 valence electrons. The number of ether oxygens (including phenoxy) is 3. The highest BCUT2D eigenvalue weighted by atomic mass is 16.6. The summed E-state index contributed by atoms with van der Waals surface area (Å²) < 4.78 is 15.3. The van der Waals surface area contributed by atoms with Gasteiger partial charge >= 0.3 is 11.9 Å². The molecule has 1 aliphatic heterocycles. The highest BCUT2D eigenvalue weighted by molar-refractivity contribution is 5.80. The second-order valence-corrected chi connectivity index (χ2v) is 6.39. The van der Waals surface area contributed by atoms with Gasteiger partial charge in [0.1, 0.15) is 19.3 Å². The minimum absolute atomic E-state index is 0.0255. The van der Waals surface area contributed by atoms with Crippen LogP contribution in [0.1, 0.15) is 40.5 Å². The Balaban J connectivity index is 2.63. The summed E-state index contributed by atoms with van der Waals surface area (Å²) in [6.07, 6.45) is 0.914. The number of hydrogen-bond acceptors (Lipinski definition) is 6. The number of epoxide rings is 1. The van der Waals surface area contributed by atoms with Gasteiger partial charge in [0.05, 0.1) is 24.0 Å². The average Bonchev–Trinajstić information content (AvgIpc) is 3.25. The Morgan fingerprint density at radius 1 is 1.24 bits per heavy atom. The van der Waals surface area contributed by atoms with E-state index in [9.17, 15) is 9.59 Å². The standard InChI is InChI=1S/C15H26O6/c1-5-15(4,13(18)21-9-11-8-20-11)10-14(2,3)12(17)19-7-6-16/h11,16H,5-10H2,1-4H3. The molecule has 0 aromatic heterocycles. The number of carbonyl (C=O) groups is 2. The first-order chi connectivity index (χ1) is 9.75. The molecule has 1 aliphatic rings. The molecule has 1 saturated heterocycles. The Morgan fingerprint density at radius 3 is 2.33 bits per heavy atom. The molecule has 1 N–H and O–H groups in total. The Kier molecular flexibility index (Phi) is 6.16. The summed E-state index contributed by atoms with van der Waals surface area (Å²) in [5.74, 6) is -0.738. The van der Waals surface area contributed by atoms with Crippen LogP contribution in [0.15, 0.2) is 0 Å². The molecule has 2 unspecified atom stereocenters. The molecule has 6 nitrogen and oxygen atoms in total. The van der Waals surface area contributed by atoms with Crippen LogP contribution in [0.4, 0.5) is 0 Å². The Morgan fingerprint density at radius 2 is 1.86 bits per heavy atom. The molecule has 0 radical (unpaired) electrons. The minimum Gasteiger partial charge on any atom is -0.463 e. The van der Waals surface area contributed by atoms with Crippen molar-refractivity contribution >= 4 is 11.9 Å². The van der Waals surface area contributed by atoms with Gasteiger partial charge in [-0.15, -0.1) is 0 Å². The second kappa shape index (κ2) is 7.22. The number of aliphatic hydroxyl groups excluding tert-OH is 1. The SMILES string of the molecule is CCC(C)(CC(C)(C)C(=O)OCCO)C(=O)OCC1CO1. The number of carbonyl (C=O) groups excluding carboxylic acids is 2. The van der Waals surface area contributed by atoms with E-state index in [1.165, 1.54) is 0 Å². The Hall–Kier alpha value is -1.14. The largest absolute Gasteiger partial charge is 0.463 e. The summed E-state index contributed by atoms with van der Waals surface area (Å²) in [4.78, 5) is 24.3. The highest BCUT2D eigenvalue weighted by Gasteiger charge is 2.43. The molecule has 0 aliphatic carbocycles. The summed E-state index contributed by atoms with van der Waals surface area (Å²) in [6, 6.07) is 0. The van der Waals surface area contributed by atoms with Crippen molar-refractivity contribution in [3.63, 3.8) is 0 Å². The topological polar surface area (TPSA) is 85.4 Å². The lowest BCUT2D eigenvalue weighted by atomic mass is 9.72. The van der Waals surface area contributed by atoms with Crippen LogP contribution < -0.4 is 0 Å². The molecule has 0 spiro atoms. The van der Waals surface area contributed by atoms with E-state index in [-0.39, 0.29) is 31.9 Å². The van der Waals surface area contributed by atoms with Gasteiger partial charge in [0.15, 0.2) is 0 Å². The molecular formula is C15H26O6. The van der Waals surface area contributed by atoms with Gasteiger partial charge in [-0.25, -0.2) is 0 Å². The maximum absolute atomic E-state index is 12.3. The van der Waals surface area contributed by atoms with Crippen molar-refractivity contribution in [1.82, 2.24) is 0 Å². The molecule has 1 heterocycles. The van der Waals surface area contributed by atoms with Gasteiger partial charge in [0, 0.05) is 0 Å². The van der Waals surface area contributed by atoms with Crippen LogP contribution in [0.3, 0.4) is 0 Å². The van der Waals surface area contributed by atoms with Crippen molar-refractivity contribution in [2.45, 2.75) is 46.6 Å². The van der Waals surface area contributed by atoms with Crippen molar-refractivity contribution in [3.05, 3.63) is 0 Å². The molecule has 1 fully saturated rings. The minimum atomic E-state index is -0.824. The van der Waals surface area contributed by atoms with Gasteiger partial charge in [-0.05, 0) is 33.6 Å². The fraction of sp³-hybridized carbons (Fsp3) is 0.867. The van der Waals surface area contributed by atoms with E-state index in [2.05, 4.69) is 0 Å². The normalized spacial score (nSPS) is 20.5. The maximum Gasteiger partial charge on any atom is 0.311 e. The molecule has 6 heteroatoms. The van der Waals surface area contributed by atoms with Crippen molar-refractivity contribution in [1.29, 1.82) is 0 Å². The molecule has 0 aromatic carbocycles. The van der Waals surface area contributed by atoms with Crippen LogP contribution in [0.5, 0.6) is 0 Å². The quantitative estimate of drug-likeness (QED) is 0.510. The summed E-state index contributed by atoms with van der Waals surface area (Å²) in [5, 5.41) is 8.71. The number of rotatable bonds is 9. The lowest BCUT2D eigenvalue weighted by Gasteiger charge is -2.33. The smallest absolute Gasteiger partial charge is 0.311 e. The van der Waals surface area contributed by atoms with Gasteiger partial charge in [-0.1, -0.05) is 6.92 Å².